The fraction of sp³-hybridized carbons (Fsp3) is 0.0667. The van der Waals surface area contributed by atoms with Crippen LogP contribution in [0, 0.1) is 0 Å². The Bertz CT molecular complexity index is 698. The quantitative estimate of drug-likeness (QED) is 0.753. The minimum Gasteiger partial charge on any atom is -0.508 e. The molecule has 19 heavy (non-hydrogen) atoms. The van der Waals surface area contributed by atoms with Gasteiger partial charge in [-0.15, -0.1) is 0 Å². The first kappa shape index (κ1) is 11.5. The molecule has 0 unspecified atom stereocenters. The van der Waals surface area contributed by atoms with E-state index in [0.717, 1.165) is 10.9 Å². The zero-order valence-corrected chi connectivity index (χ0v) is 10.0. The maximum atomic E-state index is 9.48. The van der Waals surface area contributed by atoms with Crippen molar-refractivity contribution in [1.82, 2.24) is 0 Å². The molecular formula is C15H12O4. The second kappa shape index (κ2) is 4.57. The van der Waals surface area contributed by atoms with Gasteiger partial charge in [0.25, 0.3) is 0 Å². The molecule has 0 spiro atoms. The summed E-state index contributed by atoms with van der Waals surface area (Å²) < 4.78 is 11.0. The molecule has 3 aromatic rings. The van der Waals surface area contributed by atoms with Gasteiger partial charge in [0.2, 0.25) is 0 Å². The lowest BCUT2D eigenvalue weighted by Gasteiger charge is -2.04. The predicted molar refractivity (Wildman–Crippen MR) is 70.3 cm³/mol. The number of ether oxygens (including phenoxy) is 1. The number of fused-ring (bicyclic) bond motifs is 1. The summed E-state index contributed by atoms with van der Waals surface area (Å²) in [6.45, 7) is 0.335. The van der Waals surface area contributed by atoms with E-state index in [0.29, 0.717) is 17.9 Å². The van der Waals surface area contributed by atoms with E-state index >= 15 is 0 Å². The van der Waals surface area contributed by atoms with Crippen LogP contribution in [-0.4, -0.2) is 10.2 Å². The molecule has 96 valence electrons. The summed E-state index contributed by atoms with van der Waals surface area (Å²) in [5, 5.41) is 19.5. The number of phenolic OH excluding ortho intramolecular Hbond substituents is 2. The van der Waals surface area contributed by atoms with Gasteiger partial charge in [-0.1, -0.05) is 0 Å². The van der Waals surface area contributed by atoms with E-state index < -0.39 is 0 Å². The lowest BCUT2D eigenvalue weighted by Crippen LogP contribution is -1.93. The third-order valence-corrected chi connectivity index (χ3v) is 2.87. The highest BCUT2D eigenvalue weighted by atomic mass is 16.5. The van der Waals surface area contributed by atoms with E-state index in [1.54, 1.807) is 48.7 Å². The van der Waals surface area contributed by atoms with Crippen LogP contribution in [0.15, 0.2) is 53.1 Å². The monoisotopic (exact) mass is 256 g/mol. The topological polar surface area (TPSA) is 62.8 Å². The van der Waals surface area contributed by atoms with Gasteiger partial charge in [-0.25, -0.2) is 0 Å². The summed E-state index contributed by atoms with van der Waals surface area (Å²) in [7, 11) is 0. The van der Waals surface area contributed by atoms with Crippen molar-refractivity contribution < 1.29 is 19.4 Å². The first-order valence-electron chi connectivity index (χ1n) is 5.83. The predicted octanol–water partition coefficient (Wildman–Crippen LogP) is 3.42. The van der Waals surface area contributed by atoms with Crippen LogP contribution in [-0.2, 0) is 6.61 Å². The third-order valence-electron chi connectivity index (χ3n) is 2.87. The van der Waals surface area contributed by atoms with Crippen molar-refractivity contribution in [3.63, 3.8) is 0 Å². The molecule has 4 heteroatoms. The maximum Gasteiger partial charge on any atom is 0.134 e. The molecule has 3 rings (SSSR count). The Balaban J connectivity index is 1.81. The molecular weight excluding hydrogens is 244 g/mol. The molecule has 0 aliphatic rings. The molecule has 0 fully saturated rings. The highest BCUT2D eigenvalue weighted by Gasteiger charge is 2.07. The van der Waals surface area contributed by atoms with E-state index in [-0.39, 0.29) is 11.5 Å². The number of hydrogen-bond acceptors (Lipinski definition) is 4. The van der Waals surface area contributed by atoms with Crippen molar-refractivity contribution in [2.45, 2.75) is 6.61 Å². The molecule has 0 saturated carbocycles. The smallest absolute Gasteiger partial charge is 0.134 e. The Kier molecular flexibility index (Phi) is 2.76. The number of aromatic hydroxyl groups is 2. The average Bonchev–Trinajstić information content (AvgIpc) is 2.80. The highest BCUT2D eigenvalue weighted by Crippen LogP contribution is 2.26. The van der Waals surface area contributed by atoms with Crippen molar-refractivity contribution in [3.8, 4) is 17.2 Å². The molecule has 2 N–H and O–H groups in total. The Hall–Kier alpha value is -2.62. The average molecular weight is 256 g/mol. The van der Waals surface area contributed by atoms with E-state index in [9.17, 15) is 10.2 Å². The molecule has 0 radical (unpaired) electrons. The summed E-state index contributed by atoms with van der Waals surface area (Å²) >= 11 is 0. The van der Waals surface area contributed by atoms with Crippen LogP contribution < -0.4 is 4.74 Å². The summed E-state index contributed by atoms with van der Waals surface area (Å²) in [4.78, 5) is 0. The molecule has 0 amide bonds. The van der Waals surface area contributed by atoms with Crippen LogP contribution in [0.5, 0.6) is 17.2 Å². The summed E-state index contributed by atoms with van der Waals surface area (Å²) in [5.74, 6) is 1.05. The highest BCUT2D eigenvalue weighted by molar-refractivity contribution is 5.82. The number of phenols is 2. The van der Waals surface area contributed by atoms with Crippen LogP contribution in [0.25, 0.3) is 11.0 Å². The van der Waals surface area contributed by atoms with Crippen LogP contribution in [0.1, 0.15) is 5.56 Å². The molecule has 0 atom stereocenters. The number of hydrogen-bond donors (Lipinski definition) is 2. The lowest BCUT2D eigenvalue weighted by atomic mass is 10.2. The van der Waals surface area contributed by atoms with E-state index in [2.05, 4.69) is 0 Å². The normalized spacial score (nSPS) is 10.7. The van der Waals surface area contributed by atoms with Gasteiger partial charge >= 0.3 is 0 Å². The van der Waals surface area contributed by atoms with E-state index in [1.807, 2.05) is 0 Å². The van der Waals surface area contributed by atoms with Gasteiger partial charge in [0.15, 0.2) is 0 Å². The minimum absolute atomic E-state index is 0.194. The van der Waals surface area contributed by atoms with Gasteiger partial charge in [0.1, 0.15) is 29.4 Å². The second-order valence-corrected chi connectivity index (χ2v) is 4.22. The minimum atomic E-state index is 0.194. The van der Waals surface area contributed by atoms with Gasteiger partial charge in [-0.05, 0) is 42.5 Å². The van der Waals surface area contributed by atoms with Crippen LogP contribution >= 0.6 is 0 Å². The third kappa shape index (κ3) is 2.33. The molecule has 0 saturated heterocycles. The maximum absolute atomic E-state index is 9.48. The van der Waals surface area contributed by atoms with Gasteiger partial charge in [-0.3, -0.25) is 0 Å². The number of furan rings is 1. The molecule has 1 aromatic heterocycles. The largest absolute Gasteiger partial charge is 0.508 e. The number of benzene rings is 2. The number of rotatable bonds is 3. The van der Waals surface area contributed by atoms with Crippen molar-refractivity contribution >= 4 is 11.0 Å². The molecule has 4 nitrogen and oxygen atoms in total. The fourth-order valence-corrected chi connectivity index (χ4v) is 1.88. The van der Waals surface area contributed by atoms with Gasteiger partial charge < -0.3 is 19.4 Å². The van der Waals surface area contributed by atoms with Crippen LogP contribution in [0.3, 0.4) is 0 Å². The Morgan fingerprint density at radius 1 is 0.947 bits per heavy atom. The van der Waals surface area contributed by atoms with Gasteiger partial charge in [0, 0.05) is 10.9 Å². The van der Waals surface area contributed by atoms with Crippen LogP contribution in [0.4, 0.5) is 0 Å². The summed E-state index contributed by atoms with van der Waals surface area (Å²) in [6, 6.07) is 11.5. The molecule has 0 aliphatic heterocycles. The van der Waals surface area contributed by atoms with Crippen molar-refractivity contribution in [3.05, 3.63) is 54.3 Å². The van der Waals surface area contributed by atoms with E-state index in [4.69, 9.17) is 9.15 Å². The SMILES string of the molecule is Oc1ccc(OCc2coc3ccc(O)cc23)cc1. The Labute approximate surface area is 109 Å². The molecule has 0 aliphatic carbocycles. The first-order chi connectivity index (χ1) is 9.22. The van der Waals surface area contributed by atoms with Gasteiger partial charge in [0.05, 0.1) is 6.26 Å². The zero-order chi connectivity index (χ0) is 13.2. The summed E-state index contributed by atoms with van der Waals surface area (Å²) in [6.07, 6.45) is 1.62. The van der Waals surface area contributed by atoms with Crippen LogP contribution in [0.2, 0.25) is 0 Å². The fourth-order valence-electron chi connectivity index (χ4n) is 1.88. The standard InChI is InChI=1S/C15H12O4/c16-11-1-4-13(5-2-11)18-8-10-9-19-15-6-3-12(17)7-14(10)15/h1-7,9,16-17H,8H2. The van der Waals surface area contributed by atoms with Crippen molar-refractivity contribution in [1.29, 1.82) is 0 Å². The second-order valence-electron chi connectivity index (χ2n) is 4.22. The van der Waals surface area contributed by atoms with Gasteiger partial charge in [-0.2, -0.15) is 0 Å². The van der Waals surface area contributed by atoms with E-state index in [1.165, 1.54) is 0 Å². The summed E-state index contributed by atoms with van der Waals surface area (Å²) in [5.41, 5.74) is 1.57. The van der Waals surface area contributed by atoms with Crippen molar-refractivity contribution in [2.75, 3.05) is 0 Å². The lowest BCUT2D eigenvalue weighted by molar-refractivity contribution is 0.305. The Morgan fingerprint density at radius 2 is 1.68 bits per heavy atom. The zero-order valence-electron chi connectivity index (χ0n) is 10.0. The first-order valence-corrected chi connectivity index (χ1v) is 5.83. The molecule has 1 heterocycles. The Morgan fingerprint density at radius 3 is 2.47 bits per heavy atom. The van der Waals surface area contributed by atoms with Crippen molar-refractivity contribution in [2.24, 2.45) is 0 Å². The molecule has 2 aromatic carbocycles. The molecule has 0 bridgehead atoms.